The minimum atomic E-state index is -0.417. The number of carbonyl (C=O) groups excluding carboxylic acids is 1. The van der Waals surface area contributed by atoms with Crippen LogP contribution in [0.2, 0.25) is 5.02 Å². The van der Waals surface area contributed by atoms with Gasteiger partial charge in [-0.3, -0.25) is 9.69 Å². The number of benzene rings is 1. The molecule has 4 rings (SSSR count). The fourth-order valence-electron chi connectivity index (χ4n) is 4.08. The quantitative estimate of drug-likeness (QED) is 0.667. The molecule has 0 aliphatic carbocycles. The maximum Gasteiger partial charge on any atom is 0.237 e. The number of nitrogens with one attached hydrogen (secondary N) is 2. The molecule has 0 radical (unpaired) electrons. The Hall–Kier alpha value is -0.600. The highest BCUT2D eigenvalue weighted by Gasteiger charge is 2.39. The van der Waals surface area contributed by atoms with Gasteiger partial charge in [0.25, 0.3) is 0 Å². The minimum Gasteiger partial charge on any atom is -0.392 e. The second kappa shape index (κ2) is 9.74. The molecule has 0 saturated carbocycles. The van der Waals surface area contributed by atoms with Crippen molar-refractivity contribution in [3.05, 3.63) is 34.9 Å². The molecule has 9 heteroatoms. The number of hydrogen-bond acceptors (Lipinski definition) is 5. The van der Waals surface area contributed by atoms with E-state index in [2.05, 4.69) is 15.5 Å². The van der Waals surface area contributed by atoms with Crippen molar-refractivity contribution in [1.82, 2.24) is 15.5 Å². The highest BCUT2D eigenvalue weighted by Crippen LogP contribution is 2.30. The molecular formula is C18H26Cl3N3O3. The Morgan fingerprint density at radius 2 is 1.96 bits per heavy atom. The van der Waals surface area contributed by atoms with Crippen LogP contribution in [-0.2, 0) is 9.53 Å². The number of nitrogens with zero attached hydrogens (tertiary/aromatic N) is 1. The molecule has 3 aliphatic rings. The van der Waals surface area contributed by atoms with Crippen LogP contribution in [-0.4, -0.2) is 66.4 Å². The van der Waals surface area contributed by atoms with Crippen molar-refractivity contribution in [3.63, 3.8) is 0 Å². The molecule has 152 valence electrons. The molecule has 0 aromatic heterocycles. The van der Waals surface area contributed by atoms with E-state index in [9.17, 15) is 9.90 Å². The summed E-state index contributed by atoms with van der Waals surface area (Å²) in [6.45, 7) is 2.85. The first-order chi connectivity index (χ1) is 12.1. The van der Waals surface area contributed by atoms with E-state index < -0.39 is 6.10 Å². The molecule has 3 fully saturated rings. The van der Waals surface area contributed by atoms with Gasteiger partial charge in [-0.25, -0.2) is 0 Å². The first-order valence-electron chi connectivity index (χ1n) is 8.91. The van der Waals surface area contributed by atoms with Crippen molar-refractivity contribution in [2.45, 2.75) is 43.2 Å². The average molecular weight is 439 g/mol. The number of fused-ring (bicyclic) bond motifs is 1. The van der Waals surface area contributed by atoms with Crippen LogP contribution in [0.15, 0.2) is 24.3 Å². The average Bonchev–Trinajstić information content (AvgIpc) is 3.20. The highest BCUT2D eigenvalue weighted by molar-refractivity contribution is 6.30. The van der Waals surface area contributed by atoms with Crippen LogP contribution >= 0.6 is 36.4 Å². The fourth-order valence-corrected chi connectivity index (χ4v) is 4.20. The lowest BCUT2D eigenvalue weighted by molar-refractivity contribution is -0.123. The predicted octanol–water partition coefficient (Wildman–Crippen LogP) is 1.54. The molecule has 0 bridgehead atoms. The molecular weight excluding hydrogens is 413 g/mol. The number of β-amino-alcohol motifs (C(OH)–C–C–N with tert-alkyl or cyclic N) is 1. The Labute approximate surface area is 176 Å². The number of amides is 1. The van der Waals surface area contributed by atoms with Crippen LogP contribution in [0.25, 0.3) is 0 Å². The van der Waals surface area contributed by atoms with Gasteiger partial charge in [-0.1, -0.05) is 23.7 Å². The summed E-state index contributed by atoms with van der Waals surface area (Å²) in [5.74, 6) is -0.00318. The molecule has 3 aliphatic heterocycles. The number of carbonyl (C=O) groups is 1. The molecule has 27 heavy (non-hydrogen) atoms. The van der Waals surface area contributed by atoms with E-state index >= 15 is 0 Å². The van der Waals surface area contributed by atoms with Gasteiger partial charge in [0, 0.05) is 36.7 Å². The Kier molecular flexibility index (Phi) is 8.19. The summed E-state index contributed by atoms with van der Waals surface area (Å²) < 4.78 is 6.04. The summed E-state index contributed by atoms with van der Waals surface area (Å²) in [6.07, 6.45) is 1.04. The standard InChI is InChI=1S/C18H24ClN3O3.2ClH/c19-12-3-1-11(2-4-12)17-9-22-8-13(5-14(22)10-25-17)21-18(24)16-6-15(23)7-20-16;;/h1-4,13-17,20,23H,5-10H2,(H,21,24);2*1H/t13-,14-,15+,16-,17+;;/m0../s1. The molecule has 3 saturated heterocycles. The second-order valence-electron chi connectivity index (χ2n) is 7.27. The van der Waals surface area contributed by atoms with Crippen LogP contribution in [0.1, 0.15) is 24.5 Å². The van der Waals surface area contributed by atoms with Crippen molar-refractivity contribution in [2.24, 2.45) is 0 Å². The minimum absolute atomic E-state index is 0. The van der Waals surface area contributed by atoms with E-state index in [1.807, 2.05) is 24.3 Å². The maximum atomic E-state index is 12.3. The second-order valence-corrected chi connectivity index (χ2v) is 7.71. The summed E-state index contributed by atoms with van der Waals surface area (Å²) in [4.78, 5) is 14.7. The van der Waals surface area contributed by atoms with Gasteiger partial charge in [-0.15, -0.1) is 24.8 Å². The third-order valence-electron chi connectivity index (χ3n) is 5.43. The lowest BCUT2D eigenvalue weighted by Crippen LogP contribution is -2.46. The predicted molar refractivity (Wildman–Crippen MR) is 109 cm³/mol. The number of halogens is 3. The van der Waals surface area contributed by atoms with Gasteiger partial charge in [0.15, 0.2) is 0 Å². The number of aliphatic hydroxyl groups excluding tert-OH is 1. The van der Waals surface area contributed by atoms with Gasteiger partial charge in [0.1, 0.15) is 0 Å². The van der Waals surface area contributed by atoms with Crippen molar-refractivity contribution < 1.29 is 14.6 Å². The lowest BCUT2D eigenvalue weighted by atomic mass is 10.1. The number of ether oxygens (including phenoxy) is 1. The van der Waals surface area contributed by atoms with E-state index in [4.69, 9.17) is 16.3 Å². The number of aliphatic hydroxyl groups is 1. The third-order valence-corrected chi connectivity index (χ3v) is 5.68. The van der Waals surface area contributed by atoms with Gasteiger partial charge in [0.05, 0.1) is 24.9 Å². The summed E-state index contributed by atoms with van der Waals surface area (Å²) in [5, 5.41) is 16.5. The molecule has 1 aromatic carbocycles. The van der Waals surface area contributed by atoms with E-state index in [0.717, 1.165) is 30.1 Å². The summed E-state index contributed by atoms with van der Waals surface area (Å²) >= 11 is 5.96. The molecule has 5 atom stereocenters. The molecule has 3 N–H and O–H groups in total. The van der Waals surface area contributed by atoms with E-state index in [0.29, 0.717) is 25.6 Å². The van der Waals surface area contributed by atoms with Gasteiger partial charge in [0.2, 0.25) is 5.91 Å². The Morgan fingerprint density at radius 3 is 2.63 bits per heavy atom. The molecule has 0 unspecified atom stereocenters. The van der Waals surface area contributed by atoms with Crippen LogP contribution < -0.4 is 10.6 Å². The summed E-state index contributed by atoms with van der Waals surface area (Å²) in [7, 11) is 0. The lowest BCUT2D eigenvalue weighted by Gasteiger charge is -2.35. The molecule has 3 heterocycles. The van der Waals surface area contributed by atoms with Crippen molar-refractivity contribution in [3.8, 4) is 0 Å². The normalized spacial score (nSPS) is 32.9. The van der Waals surface area contributed by atoms with Gasteiger partial charge in [-0.05, 0) is 30.5 Å². The monoisotopic (exact) mass is 437 g/mol. The zero-order chi connectivity index (χ0) is 17.4. The summed E-state index contributed by atoms with van der Waals surface area (Å²) in [6, 6.07) is 8.04. The van der Waals surface area contributed by atoms with Crippen LogP contribution in [0, 0.1) is 0 Å². The van der Waals surface area contributed by atoms with Crippen LogP contribution in [0.3, 0.4) is 0 Å². The molecule has 6 nitrogen and oxygen atoms in total. The van der Waals surface area contributed by atoms with Crippen LogP contribution in [0.4, 0.5) is 0 Å². The fraction of sp³-hybridized carbons (Fsp3) is 0.611. The van der Waals surface area contributed by atoms with E-state index in [1.54, 1.807) is 0 Å². The van der Waals surface area contributed by atoms with E-state index in [-0.39, 0.29) is 48.9 Å². The van der Waals surface area contributed by atoms with Crippen molar-refractivity contribution in [2.75, 3.05) is 26.2 Å². The van der Waals surface area contributed by atoms with Crippen molar-refractivity contribution >= 4 is 42.3 Å². The number of hydrogen-bond donors (Lipinski definition) is 3. The van der Waals surface area contributed by atoms with Gasteiger partial charge < -0.3 is 20.5 Å². The maximum absolute atomic E-state index is 12.3. The Bertz CT molecular complexity index is 634. The first kappa shape index (κ1) is 22.7. The van der Waals surface area contributed by atoms with E-state index in [1.165, 1.54) is 0 Å². The smallest absolute Gasteiger partial charge is 0.237 e. The van der Waals surface area contributed by atoms with Gasteiger partial charge >= 0.3 is 0 Å². The Balaban J connectivity index is 0.00000131. The zero-order valence-electron chi connectivity index (χ0n) is 14.8. The first-order valence-corrected chi connectivity index (χ1v) is 9.29. The summed E-state index contributed by atoms with van der Waals surface area (Å²) in [5.41, 5.74) is 1.14. The third kappa shape index (κ3) is 5.26. The molecule has 1 amide bonds. The Morgan fingerprint density at radius 1 is 1.22 bits per heavy atom. The zero-order valence-corrected chi connectivity index (χ0v) is 17.2. The molecule has 1 aromatic rings. The van der Waals surface area contributed by atoms with Crippen molar-refractivity contribution in [1.29, 1.82) is 0 Å². The molecule has 0 spiro atoms. The number of rotatable bonds is 3. The largest absolute Gasteiger partial charge is 0.392 e. The van der Waals surface area contributed by atoms with Crippen LogP contribution in [0.5, 0.6) is 0 Å². The highest BCUT2D eigenvalue weighted by atomic mass is 35.5. The number of morpholine rings is 1. The SMILES string of the molecule is Cl.Cl.O=C(N[C@H]1C[C@H]2CO[C@@H](c3ccc(Cl)cc3)CN2C1)[C@@H]1C[C@@H](O)CN1. The van der Waals surface area contributed by atoms with Gasteiger partial charge in [-0.2, -0.15) is 0 Å². The topological polar surface area (TPSA) is 73.8 Å².